The third-order valence-electron chi connectivity index (χ3n) is 5.03. The van der Waals surface area contributed by atoms with Crippen molar-refractivity contribution in [3.63, 3.8) is 0 Å². The summed E-state index contributed by atoms with van der Waals surface area (Å²) in [5.74, 6) is 1.70. The lowest BCUT2D eigenvalue weighted by molar-refractivity contribution is 0.144. The summed E-state index contributed by atoms with van der Waals surface area (Å²) in [6, 6.07) is 34.0. The van der Waals surface area contributed by atoms with Gasteiger partial charge in [-0.2, -0.15) is 0 Å². The molecular formula is C28H25I2O3S+. The number of hydrogen-bond donors (Lipinski definition) is 0. The van der Waals surface area contributed by atoms with E-state index in [1.807, 2.05) is 0 Å². The van der Waals surface area contributed by atoms with Gasteiger partial charge < -0.3 is 14.2 Å². The zero-order valence-corrected chi connectivity index (χ0v) is 23.9. The third-order valence-corrected chi connectivity index (χ3v) is 8.69. The highest BCUT2D eigenvalue weighted by molar-refractivity contribution is 14.1. The Morgan fingerprint density at radius 3 is 1.85 bits per heavy atom. The van der Waals surface area contributed by atoms with E-state index < -0.39 is 0 Å². The van der Waals surface area contributed by atoms with Crippen LogP contribution in [0.4, 0.5) is 0 Å². The zero-order valence-electron chi connectivity index (χ0n) is 18.7. The van der Waals surface area contributed by atoms with Crippen molar-refractivity contribution < 1.29 is 14.2 Å². The van der Waals surface area contributed by atoms with Crippen LogP contribution in [0.3, 0.4) is 0 Å². The molecular weight excluding hydrogens is 670 g/mol. The lowest BCUT2D eigenvalue weighted by Gasteiger charge is -2.15. The Morgan fingerprint density at radius 1 is 0.676 bits per heavy atom. The van der Waals surface area contributed by atoms with Crippen LogP contribution in [0, 0.1) is 7.14 Å². The van der Waals surface area contributed by atoms with E-state index in [9.17, 15) is 0 Å². The Labute approximate surface area is 231 Å². The normalized spacial score (nSPS) is 10.9. The molecule has 0 saturated carbocycles. The maximum atomic E-state index is 6.18. The molecule has 0 aliphatic carbocycles. The van der Waals surface area contributed by atoms with Crippen LogP contribution in [-0.4, -0.2) is 20.3 Å². The van der Waals surface area contributed by atoms with Gasteiger partial charge in [0, 0.05) is 16.2 Å². The fraction of sp³-hybridized carbons (Fsp3) is 0.143. The summed E-state index contributed by atoms with van der Waals surface area (Å²) in [5, 5.41) is 0. The van der Waals surface area contributed by atoms with Gasteiger partial charge in [0.15, 0.2) is 14.7 Å². The van der Waals surface area contributed by atoms with Crippen molar-refractivity contribution in [1.29, 1.82) is 0 Å². The molecule has 4 aromatic rings. The Hall–Kier alpha value is -1.75. The Balaban J connectivity index is 1.53. The SMILES string of the molecule is COCCOc1c(I)cc(I)cc1COc1ccc([S+](c2ccccc2)c2ccccc2)cc1. The van der Waals surface area contributed by atoms with Gasteiger partial charge in [0.1, 0.15) is 24.7 Å². The highest BCUT2D eigenvalue weighted by Crippen LogP contribution is 2.33. The highest BCUT2D eigenvalue weighted by Gasteiger charge is 2.28. The van der Waals surface area contributed by atoms with E-state index in [2.05, 4.69) is 142 Å². The summed E-state index contributed by atoms with van der Waals surface area (Å²) in [6.45, 7) is 1.50. The average Bonchev–Trinajstić information content (AvgIpc) is 2.86. The van der Waals surface area contributed by atoms with Gasteiger partial charge in [-0.25, -0.2) is 0 Å². The molecule has 174 valence electrons. The standard InChI is InChI=1S/C28H25I2O3S/c1-31-16-17-32-28-21(18-22(29)19-27(28)30)20-33-23-12-14-26(15-13-23)34(24-8-4-2-5-9-24)25-10-6-3-7-11-25/h2-15,18-19H,16-17,20H2,1H3/q+1. The molecule has 34 heavy (non-hydrogen) atoms. The van der Waals surface area contributed by atoms with Gasteiger partial charge in [0.2, 0.25) is 0 Å². The van der Waals surface area contributed by atoms with Crippen LogP contribution in [0.5, 0.6) is 11.5 Å². The van der Waals surface area contributed by atoms with Crippen molar-refractivity contribution in [3.05, 3.63) is 110 Å². The predicted octanol–water partition coefficient (Wildman–Crippen LogP) is 7.60. The molecule has 0 amide bonds. The van der Waals surface area contributed by atoms with Crippen molar-refractivity contribution in [1.82, 2.24) is 0 Å². The third kappa shape index (κ3) is 6.68. The van der Waals surface area contributed by atoms with E-state index in [1.165, 1.54) is 14.7 Å². The largest absolute Gasteiger partial charge is 0.490 e. The van der Waals surface area contributed by atoms with Crippen LogP contribution in [0.2, 0.25) is 0 Å². The van der Waals surface area contributed by atoms with Gasteiger partial charge in [0.25, 0.3) is 0 Å². The summed E-state index contributed by atoms with van der Waals surface area (Å²) >= 11 is 4.65. The van der Waals surface area contributed by atoms with E-state index in [0.29, 0.717) is 19.8 Å². The number of hydrogen-bond acceptors (Lipinski definition) is 3. The molecule has 4 rings (SSSR count). The van der Waals surface area contributed by atoms with Gasteiger partial charge in [-0.3, -0.25) is 0 Å². The van der Waals surface area contributed by atoms with Crippen molar-refractivity contribution in [2.75, 3.05) is 20.3 Å². The van der Waals surface area contributed by atoms with Gasteiger partial charge in [0.05, 0.1) is 21.1 Å². The smallest absolute Gasteiger partial charge is 0.166 e. The molecule has 0 saturated heterocycles. The molecule has 0 radical (unpaired) electrons. The Morgan fingerprint density at radius 2 is 1.26 bits per heavy atom. The second kappa shape index (κ2) is 12.8. The molecule has 0 spiro atoms. The van der Waals surface area contributed by atoms with E-state index in [1.54, 1.807) is 7.11 Å². The topological polar surface area (TPSA) is 27.7 Å². The van der Waals surface area contributed by atoms with Gasteiger partial charge in [-0.1, -0.05) is 36.4 Å². The van der Waals surface area contributed by atoms with Crippen molar-refractivity contribution >= 4 is 56.1 Å². The summed E-state index contributed by atoms with van der Waals surface area (Å²) in [6.07, 6.45) is 0. The number of methoxy groups -OCH3 is 1. The van der Waals surface area contributed by atoms with Crippen LogP contribution >= 0.6 is 45.2 Å². The molecule has 0 bridgehead atoms. The lowest BCUT2D eigenvalue weighted by atomic mass is 10.2. The van der Waals surface area contributed by atoms with Crippen LogP contribution in [0.15, 0.2) is 112 Å². The van der Waals surface area contributed by atoms with Gasteiger partial charge >= 0.3 is 0 Å². The summed E-state index contributed by atoms with van der Waals surface area (Å²) in [5.41, 5.74) is 1.03. The Kier molecular flexibility index (Phi) is 9.55. The van der Waals surface area contributed by atoms with Crippen LogP contribution < -0.4 is 9.47 Å². The number of benzene rings is 4. The maximum absolute atomic E-state index is 6.18. The summed E-state index contributed by atoms with van der Waals surface area (Å²) in [7, 11) is 1.51. The molecule has 3 nitrogen and oxygen atoms in total. The zero-order chi connectivity index (χ0) is 23.8. The average molecular weight is 695 g/mol. The van der Waals surface area contributed by atoms with Crippen molar-refractivity contribution in [3.8, 4) is 11.5 Å². The maximum Gasteiger partial charge on any atom is 0.166 e. The van der Waals surface area contributed by atoms with Crippen LogP contribution in [0.25, 0.3) is 0 Å². The monoisotopic (exact) mass is 695 g/mol. The van der Waals surface area contributed by atoms with Crippen LogP contribution in [0.1, 0.15) is 5.56 Å². The molecule has 6 heteroatoms. The lowest BCUT2D eigenvalue weighted by Crippen LogP contribution is -2.09. The molecule has 0 aromatic heterocycles. The van der Waals surface area contributed by atoms with E-state index in [-0.39, 0.29) is 10.9 Å². The van der Waals surface area contributed by atoms with E-state index in [4.69, 9.17) is 14.2 Å². The quantitative estimate of drug-likeness (QED) is 0.0973. The fourth-order valence-electron chi connectivity index (χ4n) is 3.46. The second-order valence-corrected chi connectivity index (χ2v) is 11.8. The van der Waals surface area contributed by atoms with Gasteiger partial charge in [-0.15, -0.1) is 0 Å². The van der Waals surface area contributed by atoms with Crippen LogP contribution in [-0.2, 0) is 22.2 Å². The second-order valence-electron chi connectivity index (χ2n) is 7.41. The summed E-state index contributed by atoms with van der Waals surface area (Å²) < 4.78 is 19.5. The first-order valence-electron chi connectivity index (χ1n) is 10.8. The van der Waals surface area contributed by atoms with E-state index >= 15 is 0 Å². The van der Waals surface area contributed by atoms with Crippen molar-refractivity contribution in [2.45, 2.75) is 21.3 Å². The predicted molar refractivity (Wildman–Crippen MR) is 155 cm³/mol. The Bertz CT molecular complexity index is 1150. The number of rotatable bonds is 10. The number of ether oxygens (including phenoxy) is 3. The molecule has 0 atom stereocenters. The molecule has 0 fully saturated rings. The highest BCUT2D eigenvalue weighted by atomic mass is 127. The van der Waals surface area contributed by atoms with E-state index in [0.717, 1.165) is 24.2 Å². The molecule has 0 unspecified atom stereocenters. The summed E-state index contributed by atoms with van der Waals surface area (Å²) in [4.78, 5) is 3.86. The molecule has 4 aromatic carbocycles. The van der Waals surface area contributed by atoms with Gasteiger partial charge in [-0.05, 0) is 106 Å². The molecule has 0 heterocycles. The minimum Gasteiger partial charge on any atom is -0.490 e. The number of halogens is 2. The minimum absolute atomic E-state index is 0.167. The first kappa shape index (κ1) is 25.3. The first-order valence-corrected chi connectivity index (χ1v) is 14.2. The van der Waals surface area contributed by atoms with Crippen molar-refractivity contribution in [2.24, 2.45) is 0 Å². The molecule has 0 N–H and O–H groups in total. The molecule has 0 aliphatic heterocycles. The molecule has 0 aliphatic rings. The fourth-order valence-corrected chi connectivity index (χ4v) is 7.67. The minimum atomic E-state index is -0.167. The first-order chi connectivity index (χ1) is 16.7.